The number of hydrogen-bond acceptors (Lipinski definition) is 6. The van der Waals surface area contributed by atoms with Crippen LogP contribution in [0.2, 0.25) is 0 Å². The number of rotatable bonds is 2. The molecule has 0 unspecified atom stereocenters. The number of hydrogen-bond donors (Lipinski definition) is 1. The van der Waals surface area contributed by atoms with E-state index in [2.05, 4.69) is 20.4 Å². The summed E-state index contributed by atoms with van der Waals surface area (Å²) in [7, 11) is 1.86. The molecule has 4 rings (SSSR count). The third kappa shape index (κ3) is 2.50. The van der Waals surface area contributed by atoms with Crippen molar-refractivity contribution in [1.82, 2.24) is 30.0 Å². The number of carbonyl (C=O) groups is 1. The normalized spacial score (nSPS) is 17.8. The van der Waals surface area contributed by atoms with Crippen LogP contribution in [-0.4, -0.2) is 49.8 Å². The van der Waals surface area contributed by atoms with Gasteiger partial charge in [0.15, 0.2) is 11.5 Å². The van der Waals surface area contributed by atoms with E-state index in [0.717, 1.165) is 22.5 Å². The van der Waals surface area contributed by atoms with Crippen molar-refractivity contribution < 1.29 is 4.79 Å². The zero-order valence-corrected chi connectivity index (χ0v) is 14.4. The zero-order valence-electron chi connectivity index (χ0n) is 14.4. The highest BCUT2D eigenvalue weighted by Crippen LogP contribution is 2.30. The highest BCUT2D eigenvalue weighted by molar-refractivity contribution is 5.94. The van der Waals surface area contributed by atoms with Gasteiger partial charge in [-0.1, -0.05) is 6.07 Å². The second kappa shape index (κ2) is 5.80. The fourth-order valence-electron chi connectivity index (χ4n) is 3.21. The third-order valence-corrected chi connectivity index (χ3v) is 4.50. The number of nitrogens with one attached hydrogen (secondary N) is 1. The van der Waals surface area contributed by atoms with Crippen molar-refractivity contribution in [3.63, 3.8) is 0 Å². The lowest BCUT2D eigenvalue weighted by Crippen LogP contribution is -2.54. The number of aromatic nitrogens is 5. The predicted molar refractivity (Wildman–Crippen MR) is 94.1 cm³/mol. The van der Waals surface area contributed by atoms with Gasteiger partial charge in [0.2, 0.25) is 5.91 Å². The van der Waals surface area contributed by atoms with Gasteiger partial charge in [0.25, 0.3) is 0 Å². The minimum atomic E-state index is -0.303. The van der Waals surface area contributed by atoms with Gasteiger partial charge in [-0.05, 0) is 26.0 Å². The Labute approximate surface area is 144 Å². The van der Waals surface area contributed by atoms with Crippen LogP contribution in [0.15, 0.2) is 24.4 Å². The summed E-state index contributed by atoms with van der Waals surface area (Å²) in [5.41, 5.74) is 2.28. The molecule has 1 saturated heterocycles. The molecule has 0 radical (unpaired) electrons. The molecule has 3 aromatic rings. The number of anilines is 1. The van der Waals surface area contributed by atoms with E-state index in [4.69, 9.17) is 4.98 Å². The van der Waals surface area contributed by atoms with E-state index >= 15 is 0 Å². The average molecular weight is 337 g/mol. The Balaban J connectivity index is 1.96. The number of amides is 1. The Morgan fingerprint density at radius 2 is 2.12 bits per heavy atom. The van der Waals surface area contributed by atoms with E-state index in [0.29, 0.717) is 24.6 Å². The summed E-state index contributed by atoms with van der Waals surface area (Å²) in [6.45, 7) is 5.10. The Morgan fingerprint density at radius 3 is 2.88 bits per heavy atom. The second-order valence-corrected chi connectivity index (χ2v) is 6.15. The van der Waals surface area contributed by atoms with E-state index in [1.54, 1.807) is 10.9 Å². The maximum absolute atomic E-state index is 12.1. The standard InChI is InChI=1S/C17H19N7O/c1-10-13-15(23(3)22-10)20-14(12-6-4-5-7-18-12)21-16(13)24-9-8-19-17(25)11(24)2/h4-7,11H,8-9H2,1-3H3,(H,19,25)/t11-/m1/s1. The fourth-order valence-corrected chi connectivity index (χ4v) is 3.21. The van der Waals surface area contributed by atoms with Crippen LogP contribution in [0, 0.1) is 6.92 Å². The molecule has 1 atom stereocenters. The van der Waals surface area contributed by atoms with Crippen LogP contribution < -0.4 is 10.2 Å². The highest BCUT2D eigenvalue weighted by atomic mass is 16.2. The van der Waals surface area contributed by atoms with E-state index < -0.39 is 0 Å². The minimum absolute atomic E-state index is 0.000980. The van der Waals surface area contributed by atoms with Crippen LogP contribution in [0.1, 0.15) is 12.6 Å². The number of pyridine rings is 1. The molecule has 1 N–H and O–H groups in total. The monoisotopic (exact) mass is 337 g/mol. The molecule has 8 heteroatoms. The van der Waals surface area contributed by atoms with E-state index in [-0.39, 0.29) is 11.9 Å². The van der Waals surface area contributed by atoms with Crippen molar-refractivity contribution in [2.45, 2.75) is 19.9 Å². The topological polar surface area (TPSA) is 88.8 Å². The first kappa shape index (κ1) is 15.5. The Morgan fingerprint density at radius 1 is 1.28 bits per heavy atom. The summed E-state index contributed by atoms with van der Waals surface area (Å²) >= 11 is 0. The van der Waals surface area contributed by atoms with Crippen molar-refractivity contribution in [2.75, 3.05) is 18.0 Å². The average Bonchev–Trinajstić information content (AvgIpc) is 2.92. The van der Waals surface area contributed by atoms with Crippen molar-refractivity contribution in [1.29, 1.82) is 0 Å². The van der Waals surface area contributed by atoms with Gasteiger partial charge in [-0.15, -0.1) is 0 Å². The minimum Gasteiger partial charge on any atom is -0.353 e. The van der Waals surface area contributed by atoms with Crippen molar-refractivity contribution in [3.8, 4) is 11.5 Å². The summed E-state index contributed by atoms with van der Waals surface area (Å²) in [6.07, 6.45) is 1.72. The number of carbonyl (C=O) groups excluding carboxylic acids is 1. The molecule has 8 nitrogen and oxygen atoms in total. The summed E-state index contributed by atoms with van der Waals surface area (Å²) in [6, 6.07) is 5.33. The molecule has 0 aliphatic carbocycles. The van der Waals surface area contributed by atoms with Gasteiger partial charge < -0.3 is 10.2 Å². The van der Waals surface area contributed by atoms with Crippen LogP contribution in [0.5, 0.6) is 0 Å². The quantitative estimate of drug-likeness (QED) is 0.752. The lowest BCUT2D eigenvalue weighted by Gasteiger charge is -2.34. The molecule has 0 bridgehead atoms. The Hall–Kier alpha value is -3.03. The molecule has 1 aliphatic rings. The molecule has 128 valence electrons. The van der Waals surface area contributed by atoms with Gasteiger partial charge in [0.1, 0.15) is 17.6 Å². The summed E-state index contributed by atoms with van der Waals surface area (Å²) < 4.78 is 1.75. The fraction of sp³-hybridized carbons (Fsp3) is 0.353. The molecular weight excluding hydrogens is 318 g/mol. The first-order valence-corrected chi connectivity index (χ1v) is 8.23. The molecule has 3 aromatic heterocycles. The molecule has 1 aliphatic heterocycles. The summed E-state index contributed by atoms with van der Waals surface area (Å²) in [4.78, 5) is 27.9. The highest BCUT2D eigenvalue weighted by Gasteiger charge is 2.30. The summed E-state index contributed by atoms with van der Waals surface area (Å²) in [5.74, 6) is 1.27. The molecule has 25 heavy (non-hydrogen) atoms. The zero-order chi connectivity index (χ0) is 17.6. The predicted octanol–water partition coefficient (Wildman–Crippen LogP) is 1.06. The van der Waals surface area contributed by atoms with Crippen molar-refractivity contribution in [3.05, 3.63) is 30.1 Å². The molecule has 4 heterocycles. The lowest BCUT2D eigenvalue weighted by atomic mass is 10.1. The molecular formula is C17H19N7O. The molecule has 1 amide bonds. The van der Waals surface area contributed by atoms with Crippen LogP contribution in [0.25, 0.3) is 22.6 Å². The van der Waals surface area contributed by atoms with Crippen LogP contribution in [-0.2, 0) is 11.8 Å². The Bertz CT molecular complexity index is 951. The van der Waals surface area contributed by atoms with Gasteiger partial charge in [-0.2, -0.15) is 5.10 Å². The van der Waals surface area contributed by atoms with E-state index in [9.17, 15) is 4.79 Å². The van der Waals surface area contributed by atoms with Gasteiger partial charge in [0.05, 0.1) is 11.1 Å². The van der Waals surface area contributed by atoms with Crippen LogP contribution in [0.3, 0.4) is 0 Å². The van der Waals surface area contributed by atoms with Gasteiger partial charge >= 0.3 is 0 Å². The molecule has 0 spiro atoms. The Kier molecular flexibility index (Phi) is 3.60. The first-order chi connectivity index (χ1) is 12.1. The van der Waals surface area contributed by atoms with Crippen LogP contribution in [0.4, 0.5) is 5.82 Å². The third-order valence-electron chi connectivity index (χ3n) is 4.50. The molecule has 0 saturated carbocycles. The molecule has 1 fully saturated rings. The van der Waals surface area contributed by atoms with Gasteiger partial charge in [-0.3, -0.25) is 14.5 Å². The number of aryl methyl sites for hydroxylation is 2. The number of nitrogens with zero attached hydrogens (tertiary/aromatic N) is 6. The first-order valence-electron chi connectivity index (χ1n) is 8.23. The van der Waals surface area contributed by atoms with E-state index in [1.165, 1.54) is 0 Å². The summed E-state index contributed by atoms with van der Waals surface area (Å²) in [5, 5.41) is 8.26. The SMILES string of the molecule is Cc1nn(C)c2nc(-c3ccccn3)nc(N3CCNC(=O)[C@H]3C)c12. The number of fused-ring (bicyclic) bond motifs is 1. The maximum Gasteiger partial charge on any atom is 0.242 e. The second-order valence-electron chi connectivity index (χ2n) is 6.15. The maximum atomic E-state index is 12.1. The van der Waals surface area contributed by atoms with Crippen molar-refractivity contribution in [2.24, 2.45) is 7.05 Å². The largest absolute Gasteiger partial charge is 0.353 e. The van der Waals surface area contributed by atoms with Crippen molar-refractivity contribution >= 4 is 22.8 Å². The number of piperazine rings is 1. The molecule has 0 aromatic carbocycles. The van der Waals surface area contributed by atoms with Gasteiger partial charge in [-0.25, -0.2) is 9.97 Å². The van der Waals surface area contributed by atoms with Crippen LogP contribution >= 0.6 is 0 Å². The van der Waals surface area contributed by atoms with E-state index in [1.807, 2.05) is 44.0 Å². The smallest absolute Gasteiger partial charge is 0.242 e. The van der Waals surface area contributed by atoms with Gasteiger partial charge in [0, 0.05) is 26.3 Å². The lowest BCUT2D eigenvalue weighted by molar-refractivity contribution is -0.122.